The molecule has 0 heterocycles. The van der Waals surface area contributed by atoms with E-state index in [1.165, 1.54) is 75.0 Å². The van der Waals surface area contributed by atoms with E-state index in [2.05, 4.69) is 156 Å². The monoisotopic (exact) mass is 919 g/mol. The summed E-state index contributed by atoms with van der Waals surface area (Å²) >= 11 is 0. The van der Waals surface area contributed by atoms with Gasteiger partial charge in [-0.3, -0.25) is 9.59 Å². The highest BCUT2D eigenvalue weighted by molar-refractivity contribution is 6.20. The number of hydrogen-bond donors (Lipinski definition) is 0. The molecule has 1 aromatic rings. The van der Waals surface area contributed by atoms with Crippen LogP contribution < -0.4 is 0 Å². The Labute approximate surface area is 417 Å². The summed E-state index contributed by atoms with van der Waals surface area (Å²) in [5.41, 5.74) is 14.7. The predicted octanol–water partition coefficient (Wildman–Crippen LogP) is 20.2. The average Bonchev–Trinajstić information content (AvgIpc) is 3.88. The van der Waals surface area contributed by atoms with Gasteiger partial charge in [0.1, 0.15) is 0 Å². The van der Waals surface area contributed by atoms with Gasteiger partial charge in [-0.2, -0.15) is 0 Å². The highest BCUT2D eigenvalue weighted by Gasteiger charge is 2.71. The summed E-state index contributed by atoms with van der Waals surface area (Å²) in [5, 5.41) is 0. The second kappa shape index (κ2) is 28.4. The Balaban J connectivity index is 1.06. The molecule has 2 nitrogen and oxygen atoms in total. The van der Waals surface area contributed by atoms with E-state index < -0.39 is 10.8 Å². The fourth-order valence-electron chi connectivity index (χ4n) is 11.1. The third-order valence-corrected chi connectivity index (χ3v) is 15.8. The standard InChI is InChI=1S/C66H94O2/c1-49(2)24-15-25-50(3)26-16-27-51(4)28-17-29-52(5)30-18-31-53(6)32-19-33-54(7)34-20-35-55(8)36-21-37-56(9)38-22-39-57(10)40-23-41-58(11)46-47-66-60-45-44-59(48-60)65(66,12)63(67)61-42-13-14-43-62(61)64(66)68/h13-14,24,26,28,30,32,34,36,38,40,42-46,59-60H,15-23,25,27,29,31,33,35,37,39,41,47-48H2,1-12H3/b50-26+,51-28+,52-30+,53-32+,54-34+,55-36+,56-38+,57-40+,58-46+. The highest BCUT2D eigenvalue weighted by atomic mass is 16.1. The zero-order valence-corrected chi connectivity index (χ0v) is 45.4. The summed E-state index contributed by atoms with van der Waals surface area (Å²) in [6.07, 6.45) is 50.5. The van der Waals surface area contributed by atoms with Crippen molar-refractivity contribution in [1.29, 1.82) is 0 Å². The van der Waals surface area contributed by atoms with Gasteiger partial charge in [0, 0.05) is 11.1 Å². The zero-order valence-electron chi connectivity index (χ0n) is 45.4. The smallest absolute Gasteiger partial charge is 0.171 e. The lowest BCUT2D eigenvalue weighted by atomic mass is 9.49. The number of ketones is 2. The van der Waals surface area contributed by atoms with Crippen LogP contribution in [-0.2, 0) is 0 Å². The first kappa shape index (κ1) is 56.3. The van der Waals surface area contributed by atoms with Crippen LogP contribution in [0.4, 0.5) is 0 Å². The van der Waals surface area contributed by atoms with E-state index in [0.29, 0.717) is 17.5 Å². The molecule has 0 amide bonds. The van der Waals surface area contributed by atoms with Crippen molar-refractivity contribution in [2.24, 2.45) is 22.7 Å². The Morgan fingerprint density at radius 1 is 0.412 bits per heavy atom. The van der Waals surface area contributed by atoms with E-state index in [1.807, 2.05) is 24.3 Å². The van der Waals surface area contributed by atoms with Gasteiger partial charge < -0.3 is 0 Å². The lowest BCUT2D eigenvalue weighted by Crippen LogP contribution is -2.56. The number of carbonyl (C=O) groups excluding carboxylic acids is 2. The van der Waals surface area contributed by atoms with E-state index >= 15 is 0 Å². The fourth-order valence-corrected chi connectivity index (χ4v) is 11.1. The molecule has 3 aliphatic carbocycles. The predicted molar refractivity (Wildman–Crippen MR) is 297 cm³/mol. The normalized spacial score (nSPS) is 22.9. The minimum absolute atomic E-state index is 0.132. The molecular weight excluding hydrogens is 825 g/mol. The SMILES string of the molecule is CC(C)=CCC/C(C)=C/CC/C(C)=C/CC/C(C)=C/CC/C(C)=C/CC/C(C)=C/CC/C(C)=C/CC/C(C)=C/CC/C(C)=C/CC/C(C)=C/CC12C(=O)c3ccccc3C(=O)C1(C)C1C=CC2C1. The van der Waals surface area contributed by atoms with Gasteiger partial charge in [-0.15, -0.1) is 0 Å². The van der Waals surface area contributed by atoms with Crippen molar-refractivity contribution in [1.82, 2.24) is 0 Å². The maximum Gasteiger partial charge on any atom is 0.171 e. The van der Waals surface area contributed by atoms with Gasteiger partial charge in [0.2, 0.25) is 0 Å². The van der Waals surface area contributed by atoms with Crippen LogP contribution >= 0.6 is 0 Å². The number of hydrogen-bond acceptors (Lipinski definition) is 2. The van der Waals surface area contributed by atoms with Crippen LogP contribution in [0, 0.1) is 22.7 Å². The van der Waals surface area contributed by atoms with Gasteiger partial charge in [-0.25, -0.2) is 0 Å². The molecule has 0 aromatic heterocycles. The van der Waals surface area contributed by atoms with Crippen molar-refractivity contribution < 1.29 is 9.59 Å². The summed E-state index contributed by atoms with van der Waals surface area (Å²) in [6.45, 7) is 27.0. The number of rotatable bonds is 29. The Hall–Kier alpha value is -4.30. The Morgan fingerprint density at radius 3 is 1.01 bits per heavy atom. The summed E-state index contributed by atoms with van der Waals surface area (Å²) in [5.74, 6) is 0.611. The molecule has 4 atom stereocenters. The molecule has 1 aromatic carbocycles. The van der Waals surface area contributed by atoms with E-state index in [0.717, 1.165) is 103 Å². The zero-order chi connectivity index (χ0) is 49.7. The van der Waals surface area contributed by atoms with E-state index in [4.69, 9.17) is 0 Å². The topological polar surface area (TPSA) is 34.1 Å². The molecule has 68 heavy (non-hydrogen) atoms. The van der Waals surface area contributed by atoms with Crippen molar-refractivity contribution in [3.63, 3.8) is 0 Å². The van der Waals surface area contributed by atoms with Crippen LogP contribution in [0.2, 0.25) is 0 Å². The first-order valence-electron chi connectivity index (χ1n) is 26.9. The molecule has 0 spiro atoms. The summed E-state index contributed by atoms with van der Waals surface area (Å²) in [7, 11) is 0. The number of fused-ring (bicyclic) bond motifs is 6. The van der Waals surface area contributed by atoms with Crippen LogP contribution in [0.15, 0.2) is 153 Å². The fraction of sp³-hybridized carbons (Fsp3) is 0.545. The van der Waals surface area contributed by atoms with Crippen molar-refractivity contribution >= 4 is 11.6 Å². The largest absolute Gasteiger partial charge is 0.293 e. The molecule has 2 bridgehead atoms. The van der Waals surface area contributed by atoms with E-state index in [-0.39, 0.29) is 23.4 Å². The summed E-state index contributed by atoms with van der Waals surface area (Å²) in [4.78, 5) is 28.3. The van der Waals surface area contributed by atoms with Crippen molar-refractivity contribution in [2.45, 2.75) is 212 Å². The highest BCUT2D eigenvalue weighted by Crippen LogP contribution is 2.69. The molecule has 0 radical (unpaired) electrons. The van der Waals surface area contributed by atoms with Gasteiger partial charge in [0.25, 0.3) is 0 Å². The Morgan fingerprint density at radius 2 is 0.691 bits per heavy atom. The van der Waals surface area contributed by atoms with Crippen LogP contribution in [0.5, 0.6) is 0 Å². The lowest BCUT2D eigenvalue weighted by molar-refractivity contribution is 0.0242. The van der Waals surface area contributed by atoms with Gasteiger partial charge in [-0.1, -0.05) is 160 Å². The molecule has 3 aliphatic rings. The number of Topliss-reactive ketones (excluding diaryl/α,β-unsaturated/α-hetero) is 2. The Kier molecular flexibility index (Phi) is 23.5. The van der Waals surface area contributed by atoms with Crippen LogP contribution in [0.25, 0.3) is 0 Å². The molecular formula is C66H94O2. The van der Waals surface area contributed by atoms with Gasteiger partial charge >= 0.3 is 0 Å². The quantitative estimate of drug-likeness (QED) is 0.0751. The van der Waals surface area contributed by atoms with Crippen molar-refractivity contribution in [3.05, 3.63) is 164 Å². The van der Waals surface area contributed by atoms with Crippen molar-refractivity contribution in [2.75, 3.05) is 0 Å². The molecule has 4 unspecified atom stereocenters. The molecule has 1 fully saturated rings. The van der Waals surface area contributed by atoms with Gasteiger partial charge in [-0.05, 0) is 216 Å². The molecule has 2 heteroatoms. The number of carbonyl (C=O) groups is 2. The lowest BCUT2D eigenvalue weighted by Gasteiger charge is -2.50. The molecule has 0 aliphatic heterocycles. The van der Waals surface area contributed by atoms with Gasteiger partial charge in [0.15, 0.2) is 11.6 Å². The third-order valence-electron chi connectivity index (χ3n) is 15.8. The van der Waals surface area contributed by atoms with Crippen LogP contribution in [0.1, 0.15) is 232 Å². The van der Waals surface area contributed by atoms with E-state index in [1.54, 1.807) is 0 Å². The minimum Gasteiger partial charge on any atom is -0.293 e. The van der Waals surface area contributed by atoms with Crippen molar-refractivity contribution in [3.8, 4) is 0 Å². The van der Waals surface area contributed by atoms with Crippen LogP contribution in [-0.4, -0.2) is 11.6 Å². The second-order valence-electron chi connectivity index (χ2n) is 22.0. The molecule has 4 rings (SSSR count). The van der Waals surface area contributed by atoms with Crippen LogP contribution in [0.3, 0.4) is 0 Å². The summed E-state index contributed by atoms with van der Waals surface area (Å²) < 4.78 is 0. The third kappa shape index (κ3) is 16.7. The van der Waals surface area contributed by atoms with E-state index in [9.17, 15) is 9.59 Å². The maximum absolute atomic E-state index is 14.3. The first-order valence-corrected chi connectivity index (χ1v) is 26.9. The number of allylic oxidation sites excluding steroid dienone is 22. The average molecular weight is 919 g/mol. The minimum atomic E-state index is -0.670. The molecule has 0 N–H and O–H groups in total. The second-order valence-corrected chi connectivity index (χ2v) is 22.0. The molecule has 1 saturated carbocycles. The Bertz CT molecular complexity index is 2210. The van der Waals surface area contributed by atoms with Gasteiger partial charge in [0.05, 0.1) is 10.8 Å². The first-order chi connectivity index (χ1) is 32.5. The molecule has 370 valence electrons. The summed E-state index contributed by atoms with van der Waals surface area (Å²) in [6, 6.07) is 7.51. The maximum atomic E-state index is 14.3. The number of benzene rings is 1. The molecule has 0 saturated heterocycles.